The van der Waals surface area contributed by atoms with E-state index in [1.807, 2.05) is 26.8 Å². The number of hydrogen-bond acceptors (Lipinski definition) is 2. The summed E-state index contributed by atoms with van der Waals surface area (Å²) in [5, 5.41) is 0. The zero-order chi connectivity index (χ0) is 7.98. The summed E-state index contributed by atoms with van der Waals surface area (Å²) < 4.78 is 4.86. The fraction of sp³-hybridized carbons (Fsp3) is 0.625. The van der Waals surface area contributed by atoms with Crippen LogP contribution in [0.4, 0.5) is 0 Å². The minimum atomic E-state index is -0.159. The quantitative estimate of drug-likeness (QED) is 0.444. The highest BCUT2D eigenvalue weighted by Crippen LogP contribution is 1.93. The standard InChI is InChI=1S/C8H14O2/c1-4-5-6-8(9)10-7(2)3/h4-5,7H,6H2,1-3H3. The highest BCUT2D eigenvalue weighted by molar-refractivity contribution is 5.71. The molecular formula is C8H14O2. The van der Waals surface area contributed by atoms with Crippen molar-refractivity contribution in [2.45, 2.75) is 33.3 Å². The maximum absolute atomic E-state index is 10.7. The summed E-state index contributed by atoms with van der Waals surface area (Å²) in [5.74, 6) is -0.159. The molecule has 0 aromatic rings. The third-order valence-electron chi connectivity index (χ3n) is 0.887. The van der Waals surface area contributed by atoms with Crippen LogP contribution in [-0.4, -0.2) is 12.1 Å². The van der Waals surface area contributed by atoms with Crippen molar-refractivity contribution >= 4 is 5.97 Å². The molecule has 0 bridgehead atoms. The van der Waals surface area contributed by atoms with Gasteiger partial charge in [0.05, 0.1) is 12.5 Å². The monoisotopic (exact) mass is 142 g/mol. The Morgan fingerprint density at radius 2 is 2.20 bits per heavy atom. The molecule has 0 aromatic heterocycles. The zero-order valence-electron chi connectivity index (χ0n) is 6.76. The lowest BCUT2D eigenvalue weighted by Crippen LogP contribution is -2.09. The molecular weight excluding hydrogens is 128 g/mol. The summed E-state index contributed by atoms with van der Waals surface area (Å²) >= 11 is 0. The first kappa shape index (κ1) is 9.21. The third kappa shape index (κ3) is 5.35. The molecule has 2 nitrogen and oxygen atoms in total. The van der Waals surface area contributed by atoms with Crippen molar-refractivity contribution in [1.29, 1.82) is 0 Å². The first-order chi connectivity index (χ1) is 4.66. The van der Waals surface area contributed by atoms with Gasteiger partial charge >= 0.3 is 5.97 Å². The van der Waals surface area contributed by atoms with Crippen LogP contribution >= 0.6 is 0 Å². The number of carbonyl (C=O) groups excluding carboxylic acids is 1. The maximum Gasteiger partial charge on any atom is 0.309 e. The topological polar surface area (TPSA) is 26.3 Å². The van der Waals surface area contributed by atoms with Crippen LogP contribution in [0.1, 0.15) is 27.2 Å². The second-order valence-corrected chi connectivity index (χ2v) is 2.31. The number of allylic oxidation sites excluding steroid dienone is 1. The van der Waals surface area contributed by atoms with Gasteiger partial charge in [-0.1, -0.05) is 12.2 Å². The van der Waals surface area contributed by atoms with Gasteiger partial charge in [-0.25, -0.2) is 0 Å². The molecule has 0 atom stereocenters. The van der Waals surface area contributed by atoms with E-state index >= 15 is 0 Å². The summed E-state index contributed by atoms with van der Waals surface area (Å²) in [6.45, 7) is 5.56. The van der Waals surface area contributed by atoms with Gasteiger partial charge in [-0.3, -0.25) is 4.79 Å². The van der Waals surface area contributed by atoms with Crippen LogP contribution in [0.2, 0.25) is 0 Å². The molecule has 0 spiro atoms. The van der Waals surface area contributed by atoms with Gasteiger partial charge < -0.3 is 4.74 Å². The summed E-state index contributed by atoms with van der Waals surface area (Å²) in [6, 6.07) is 0. The second-order valence-electron chi connectivity index (χ2n) is 2.31. The lowest BCUT2D eigenvalue weighted by Gasteiger charge is -2.04. The van der Waals surface area contributed by atoms with Gasteiger partial charge in [0.1, 0.15) is 0 Å². The first-order valence-corrected chi connectivity index (χ1v) is 3.47. The third-order valence-corrected chi connectivity index (χ3v) is 0.887. The molecule has 0 aliphatic rings. The van der Waals surface area contributed by atoms with Crippen molar-refractivity contribution in [2.24, 2.45) is 0 Å². The molecule has 0 radical (unpaired) electrons. The van der Waals surface area contributed by atoms with Crippen molar-refractivity contribution in [1.82, 2.24) is 0 Å². The molecule has 10 heavy (non-hydrogen) atoms. The molecule has 2 heteroatoms. The highest BCUT2D eigenvalue weighted by Gasteiger charge is 2.00. The average molecular weight is 142 g/mol. The molecule has 0 aliphatic carbocycles. The Bertz CT molecular complexity index is 125. The number of carbonyl (C=O) groups is 1. The molecule has 0 saturated carbocycles. The van der Waals surface area contributed by atoms with Gasteiger partial charge in [-0.2, -0.15) is 0 Å². The number of hydrogen-bond donors (Lipinski definition) is 0. The average Bonchev–Trinajstić information content (AvgIpc) is 1.82. The Balaban J connectivity index is 3.44. The summed E-state index contributed by atoms with van der Waals surface area (Å²) in [7, 11) is 0. The summed E-state index contributed by atoms with van der Waals surface area (Å²) in [5.41, 5.74) is 0. The van der Waals surface area contributed by atoms with Crippen molar-refractivity contribution in [2.75, 3.05) is 0 Å². The summed E-state index contributed by atoms with van der Waals surface area (Å²) in [4.78, 5) is 10.7. The number of ether oxygens (including phenoxy) is 1. The van der Waals surface area contributed by atoms with E-state index in [9.17, 15) is 4.79 Å². The van der Waals surface area contributed by atoms with Gasteiger partial charge in [0.15, 0.2) is 0 Å². The van der Waals surface area contributed by atoms with Crippen LogP contribution in [0, 0.1) is 0 Å². The van der Waals surface area contributed by atoms with Crippen molar-refractivity contribution in [3.8, 4) is 0 Å². The smallest absolute Gasteiger partial charge is 0.309 e. The van der Waals surface area contributed by atoms with E-state index in [2.05, 4.69) is 0 Å². The molecule has 0 aliphatic heterocycles. The van der Waals surface area contributed by atoms with Crippen LogP contribution in [0.15, 0.2) is 12.2 Å². The van der Waals surface area contributed by atoms with Crippen LogP contribution in [-0.2, 0) is 9.53 Å². The van der Waals surface area contributed by atoms with Crippen molar-refractivity contribution in [3.05, 3.63) is 12.2 Å². The van der Waals surface area contributed by atoms with Crippen LogP contribution in [0.3, 0.4) is 0 Å². The van der Waals surface area contributed by atoms with Gasteiger partial charge in [-0.15, -0.1) is 0 Å². The van der Waals surface area contributed by atoms with Crippen LogP contribution < -0.4 is 0 Å². The molecule has 0 aromatic carbocycles. The van der Waals surface area contributed by atoms with E-state index in [1.165, 1.54) is 0 Å². The maximum atomic E-state index is 10.7. The fourth-order valence-corrected chi connectivity index (χ4v) is 0.525. The molecule has 0 rings (SSSR count). The Morgan fingerprint density at radius 1 is 1.60 bits per heavy atom. The predicted molar refractivity (Wildman–Crippen MR) is 40.7 cm³/mol. The fourth-order valence-electron chi connectivity index (χ4n) is 0.525. The summed E-state index contributed by atoms with van der Waals surface area (Å²) in [6.07, 6.45) is 4.00. The predicted octanol–water partition coefficient (Wildman–Crippen LogP) is 1.90. The zero-order valence-corrected chi connectivity index (χ0v) is 6.76. The molecule has 0 amide bonds. The molecule has 0 saturated heterocycles. The molecule has 0 heterocycles. The van der Waals surface area contributed by atoms with Crippen LogP contribution in [0.25, 0.3) is 0 Å². The minimum Gasteiger partial charge on any atom is -0.463 e. The lowest BCUT2D eigenvalue weighted by molar-refractivity contribution is -0.146. The van der Waals surface area contributed by atoms with Gasteiger partial charge in [-0.05, 0) is 20.8 Å². The van der Waals surface area contributed by atoms with E-state index in [1.54, 1.807) is 6.08 Å². The minimum absolute atomic E-state index is 0.00208. The van der Waals surface area contributed by atoms with E-state index < -0.39 is 0 Å². The molecule has 58 valence electrons. The lowest BCUT2D eigenvalue weighted by atomic mass is 10.4. The van der Waals surface area contributed by atoms with E-state index in [-0.39, 0.29) is 12.1 Å². The first-order valence-electron chi connectivity index (χ1n) is 3.47. The normalized spacial score (nSPS) is 10.8. The van der Waals surface area contributed by atoms with Gasteiger partial charge in [0, 0.05) is 0 Å². The van der Waals surface area contributed by atoms with E-state index in [0.29, 0.717) is 6.42 Å². The highest BCUT2D eigenvalue weighted by atomic mass is 16.5. The van der Waals surface area contributed by atoms with E-state index in [0.717, 1.165) is 0 Å². The number of rotatable bonds is 3. The van der Waals surface area contributed by atoms with E-state index in [4.69, 9.17) is 4.74 Å². The van der Waals surface area contributed by atoms with Crippen molar-refractivity contribution < 1.29 is 9.53 Å². The SMILES string of the molecule is CC=CCC(=O)OC(C)C. The Kier molecular flexibility index (Phi) is 4.63. The Morgan fingerprint density at radius 3 is 2.60 bits per heavy atom. The van der Waals surface area contributed by atoms with Gasteiger partial charge in [0.25, 0.3) is 0 Å². The van der Waals surface area contributed by atoms with Gasteiger partial charge in [0.2, 0.25) is 0 Å². The number of esters is 1. The molecule has 0 fully saturated rings. The van der Waals surface area contributed by atoms with Crippen LogP contribution in [0.5, 0.6) is 0 Å². The largest absolute Gasteiger partial charge is 0.463 e. The Labute approximate surface area is 61.9 Å². The molecule has 0 unspecified atom stereocenters. The molecule has 0 N–H and O–H groups in total. The Hall–Kier alpha value is -0.790. The second kappa shape index (κ2) is 5.03. The van der Waals surface area contributed by atoms with Crippen molar-refractivity contribution in [3.63, 3.8) is 0 Å².